The molecular weight excluding hydrogens is 386 g/mol. The van der Waals surface area contributed by atoms with Gasteiger partial charge in [-0.15, -0.1) is 0 Å². The number of nitrogens with zero attached hydrogens (tertiary/aromatic N) is 3. The number of hydrogen-bond donors (Lipinski definition) is 0. The van der Waals surface area contributed by atoms with Crippen molar-refractivity contribution in [2.24, 2.45) is 0 Å². The minimum Gasteiger partial charge on any atom is -0.458 e. The molecule has 2 aromatic carbocycles. The standard InChI is InChI=1S/C19H16ClN3O5/c1-12(14-3-2-4-16(11-14)23(25)26)27-18(24)10-9-17-21-19(22-28-17)13-5-7-15(20)8-6-13/h2-8,11-12H,9-10H2,1H3/t12-/m0/s1. The number of esters is 1. The summed E-state index contributed by atoms with van der Waals surface area (Å²) in [6, 6.07) is 13.0. The molecule has 0 saturated carbocycles. The average molecular weight is 402 g/mol. The van der Waals surface area contributed by atoms with Gasteiger partial charge in [-0.05, 0) is 36.8 Å². The normalized spacial score (nSPS) is 11.8. The molecule has 0 saturated heterocycles. The Kier molecular flexibility index (Phi) is 6.00. The smallest absolute Gasteiger partial charge is 0.306 e. The highest BCUT2D eigenvalue weighted by molar-refractivity contribution is 6.30. The van der Waals surface area contributed by atoms with Gasteiger partial charge in [0.25, 0.3) is 5.69 Å². The largest absolute Gasteiger partial charge is 0.458 e. The van der Waals surface area contributed by atoms with Gasteiger partial charge in [0.1, 0.15) is 6.10 Å². The molecular formula is C19H16ClN3O5. The van der Waals surface area contributed by atoms with Crippen molar-refractivity contribution in [3.05, 3.63) is 75.1 Å². The van der Waals surface area contributed by atoms with Crippen molar-refractivity contribution in [3.63, 3.8) is 0 Å². The highest BCUT2D eigenvalue weighted by Crippen LogP contribution is 2.23. The van der Waals surface area contributed by atoms with Crippen molar-refractivity contribution < 1.29 is 19.0 Å². The third-order valence-electron chi connectivity index (χ3n) is 3.97. The van der Waals surface area contributed by atoms with Gasteiger partial charge in [-0.2, -0.15) is 4.98 Å². The van der Waals surface area contributed by atoms with Crippen molar-refractivity contribution >= 4 is 23.3 Å². The third kappa shape index (κ3) is 4.92. The molecule has 0 aliphatic rings. The predicted molar refractivity (Wildman–Crippen MR) is 101 cm³/mol. The first-order valence-corrected chi connectivity index (χ1v) is 8.82. The van der Waals surface area contributed by atoms with E-state index in [-0.39, 0.29) is 18.5 Å². The fraction of sp³-hybridized carbons (Fsp3) is 0.211. The number of carbonyl (C=O) groups is 1. The van der Waals surface area contributed by atoms with Crippen molar-refractivity contribution in [2.75, 3.05) is 0 Å². The minimum atomic E-state index is -0.611. The average Bonchev–Trinajstić information content (AvgIpc) is 3.16. The molecule has 3 rings (SSSR count). The molecule has 0 spiro atoms. The maximum Gasteiger partial charge on any atom is 0.306 e. The van der Waals surface area contributed by atoms with E-state index in [0.29, 0.717) is 22.3 Å². The first-order chi connectivity index (χ1) is 13.4. The second kappa shape index (κ2) is 8.62. The topological polar surface area (TPSA) is 108 Å². The molecule has 0 aliphatic heterocycles. The van der Waals surface area contributed by atoms with Crippen LogP contribution in [-0.4, -0.2) is 21.0 Å². The van der Waals surface area contributed by atoms with Crippen LogP contribution < -0.4 is 0 Å². The summed E-state index contributed by atoms with van der Waals surface area (Å²) in [5.41, 5.74) is 1.24. The first kappa shape index (κ1) is 19.5. The maximum atomic E-state index is 12.1. The van der Waals surface area contributed by atoms with E-state index in [9.17, 15) is 14.9 Å². The molecule has 0 amide bonds. The van der Waals surface area contributed by atoms with E-state index in [0.717, 1.165) is 5.56 Å². The Balaban J connectivity index is 1.55. The second-order valence-electron chi connectivity index (χ2n) is 6.00. The fourth-order valence-corrected chi connectivity index (χ4v) is 2.62. The zero-order valence-corrected chi connectivity index (χ0v) is 15.6. The minimum absolute atomic E-state index is 0.0432. The van der Waals surface area contributed by atoms with Crippen molar-refractivity contribution in [2.45, 2.75) is 25.9 Å². The van der Waals surface area contributed by atoms with E-state index in [4.69, 9.17) is 20.9 Å². The summed E-state index contributed by atoms with van der Waals surface area (Å²) in [5.74, 6) is 0.250. The molecule has 1 heterocycles. The quantitative estimate of drug-likeness (QED) is 0.325. The Hall–Kier alpha value is -3.26. The number of nitro benzene ring substituents is 1. The van der Waals surface area contributed by atoms with Gasteiger partial charge in [-0.3, -0.25) is 14.9 Å². The van der Waals surface area contributed by atoms with Crippen LogP contribution in [0, 0.1) is 10.1 Å². The number of halogens is 1. The number of non-ortho nitro benzene ring substituents is 1. The zero-order chi connectivity index (χ0) is 20.1. The van der Waals surface area contributed by atoms with Gasteiger partial charge in [0, 0.05) is 29.1 Å². The number of nitro groups is 1. The van der Waals surface area contributed by atoms with Crippen LogP contribution in [0.25, 0.3) is 11.4 Å². The Bertz CT molecular complexity index is 987. The van der Waals surface area contributed by atoms with Crippen LogP contribution in [0.3, 0.4) is 0 Å². The molecule has 0 aliphatic carbocycles. The Morgan fingerprint density at radius 2 is 2.04 bits per heavy atom. The van der Waals surface area contributed by atoms with Gasteiger partial charge in [0.2, 0.25) is 11.7 Å². The zero-order valence-electron chi connectivity index (χ0n) is 14.9. The lowest BCUT2D eigenvalue weighted by Gasteiger charge is -2.13. The number of ether oxygens (including phenoxy) is 1. The molecule has 9 heteroatoms. The molecule has 28 heavy (non-hydrogen) atoms. The maximum absolute atomic E-state index is 12.1. The SMILES string of the molecule is C[C@H](OC(=O)CCc1nc(-c2ccc(Cl)cc2)no1)c1cccc([N+](=O)[O-])c1. The predicted octanol–water partition coefficient (Wildman–Crippen LogP) is 4.54. The molecule has 0 bridgehead atoms. The van der Waals surface area contributed by atoms with E-state index in [1.807, 2.05) is 0 Å². The number of benzene rings is 2. The number of carbonyl (C=O) groups excluding carboxylic acids is 1. The summed E-state index contributed by atoms with van der Waals surface area (Å²) >= 11 is 5.85. The highest BCUT2D eigenvalue weighted by Gasteiger charge is 2.16. The summed E-state index contributed by atoms with van der Waals surface area (Å²) in [5, 5.41) is 15.3. The van der Waals surface area contributed by atoms with Gasteiger partial charge in [-0.25, -0.2) is 0 Å². The fourth-order valence-electron chi connectivity index (χ4n) is 2.50. The van der Waals surface area contributed by atoms with Crippen molar-refractivity contribution in [1.29, 1.82) is 0 Å². The molecule has 0 radical (unpaired) electrons. The number of hydrogen-bond acceptors (Lipinski definition) is 7. The van der Waals surface area contributed by atoms with Crippen LogP contribution in [0.1, 0.15) is 30.9 Å². The molecule has 0 N–H and O–H groups in total. The lowest BCUT2D eigenvalue weighted by molar-refractivity contribution is -0.385. The van der Waals surface area contributed by atoms with E-state index < -0.39 is 17.0 Å². The van der Waals surface area contributed by atoms with Crippen LogP contribution in [0.5, 0.6) is 0 Å². The highest BCUT2D eigenvalue weighted by atomic mass is 35.5. The van der Waals surface area contributed by atoms with Gasteiger partial charge in [0.05, 0.1) is 11.3 Å². The van der Waals surface area contributed by atoms with Crippen LogP contribution in [0.2, 0.25) is 5.02 Å². The van der Waals surface area contributed by atoms with Crippen molar-refractivity contribution in [3.8, 4) is 11.4 Å². The number of aryl methyl sites for hydroxylation is 1. The first-order valence-electron chi connectivity index (χ1n) is 8.45. The van der Waals surface area contributed by atoms with Gasteiger partial charge < -0.3 is 9.26 Å². The molecule has 8 nitrogen and oxygen atoms in total. The third-order valence-corrected chi connectivity index (χ3v) is 4.22. The molecule has 144 valence electrons. The van der Waals surface area contributed by atoms with Gasteiger partial charge in [0.15, 0.2) is 0 Å². The van der Waals surface area contributed by atoms with E-state index >= 15 is 0 Å². The lowest BCUT2D eigenvalue weighted by Crippen LogP contribution is -2.10. The summed E-state index contributed by atoms with van der Waals surface area (Å²) in [6.07, 6.45) is -0.345. The summed E-state index contributed by atoms with van der Waals surface area (Å²) in [6.45, 7) is 1.66. The van der Waals surface area contributed by atoms with E-state index in [1.165, 1.54) is 12.1 Å². The summed E-state index contributed by atoms with van der Waals surface area (Å²) in [4.78, 5) is 26.7. The van der Waals surface area contributed by atoms with Gasteiger partial charge in [-0.1, -0.05) is 28.9 Å². The molecule has 1 aromatic heterocycles. The Morgan fingerprint density at radius 1 is 1.29 bits per heavy atom. The van der Waals surface area contributed by atoms with Crippen molar-refractivity contribution in [1.82, 2.24) is 10.1 Å². The van der Waals surface area contributed by atoms with Crippen LogP contribution >= 0.6 is 11.6 Å². The van der Waals surface area contributed by atoms with E-state index in [2.05, 4.69) is 10.1 Å². The second-order valence-corrected chi connectivity index (χ2v) is 6.44. The summed E-state index contributed by atoms with van der Waals surface area (Å²) in [7, 11) is 0. The monoisotopic (exact) mass is 401 g/mol. The molecule has 3 aromatic rings. The molecule has 0 fully saturated rings. The van der Waals surface area contributed by atoms with E-state index in [1.54, 1.807) is 43.3 Å². The molecule has 1 atom stereocenters. The van der Waals surface area contributed by atoms with Crippen LogP contribution in [0.4, 0.5) is 5.69 Å². The number of rotatable bonds is 7. The number of aromatic nitrogens is 2. The lowest BCUT2D eigenvalue weighted by atomic mass is 10.1. The summed E-state index contributed by atoms with van der Waals surface area (Å²) < 4.78 is 10.5. The molecule has 0 unspecified atom stereocenters. The van der Waals surface area contributed by atoms with Gasteiger partial charge >= 0.3 is 5.97 Å². The van der Waals surface area contributed by atoms with Crippen LogP contribution in [0.15, 0.2) is 53.1 Å². The Morgan fingerprint density at radius 3 is 2.75 bits per heavy atom. The Labute approximate surface area is 165 Å². The van der Waals surface area contributed by atoms with Crippen LogP contribution in [-0.2, 0) is 16.0 Å².